The molecule has 0 amide bonds. The van der Waals surface area contributed by atoms with Crippen LogP contribution >= 0.6 is 0 Å². The van der Waals surface area contributed by atoms with Gasteiger partial charge in [0.05, 0.1) is 11.3 Å². The number of nitrogens with zero attached hydrogens (tertiary/aromatic N) is 1. The number of carbonyl (C=O) groups excluding carboxylic acids is 1. The summed E-state index contributed by atoms with van der Waals surface area (Å²) in [6, 6.07) is 21.5. The van der Waals surface area contributed by atoms with Crippen LogP contribution in [0.25, 0.3) is 10.8 Å². The Morgan fingerprint density at radius 1 is 0.833 bits per heavy atom. The van der Waals surface area contributed by atoms with Gasteiger partial charge in [-0.15, -0.1) is 0 Å². The zero-order valence-electron chi connectivity index (χ0n) is 13.4. The highest BCUT2D eigenvalue weighted by Crippen LogP contribution is 2.27. The molecule has 0 N–H and O–H groups in total. The lowest BCUT2D eigenvalue weighted by atomic mass is 10.1. The number of esters is 1. The Balaban J connectivity index is 1.61. The molecule has 0 bridgehead atoms. The summed E-state index contributed by atoms with van der Waals surface area (Å²) in [5, 5.41) is 2.20. The highest BCUT2D eigenvalue weighted by atomic mass is 16.5. The maximum atomic E-state index is 12.7. The Labute approximate surface area is 141 Å². The minimum absolute atomic E-state index is 0.298. The first-order chi connectivity index (χ1) is 11.8. The van der Waals surface area contributed by atoms with Crippen LogP contribution in [-0.4, -0.2) is 19.1 Å². The summed E-state index contributed by atoms with van der Waals surface area (Å²) in [5.41, 5.74) is 1.60. The van der Waals surface area contributed by atoms with Gasteiger partial charge in [0.15, 0.2) is 0 Å². The fraction of sp³-hybridized carbons (Fsp3) is 0.190. The second kappa shape index (κ2) is 6.36. The lowest BCUT2D eigenvalue weighted by Crippen LogP contribution is -2.22. The normalized spacial score (nSPS) is 14.1. The third-order valence-corrected chi connectivity index (χ3v) is 4.50. The molecule has 1 aliphatic rings. The van der Waals surface area contributed by atoms with Crippen LogP contribution in [0, 0.1) is 0 Å². The van der Waals surface area contributed by atoms with Crippen molar-refractivity contribution in [3.05, 3.63) is 72.3 Å². The van der Waals surface area contributed by atoms with Gasteiger partial charge in [0.1, 0.15) is 5.75 Å². The third kappa shape index (κ3) is 2.85. The number of para-hydroxylation sites is 1. The minimum Gasteiger partial charge on any atom is -0.423 e. The van der Waals surface area contributed by atoms with E-state index < -0.39 is 0 Å². The Morgan fingerprint density at radius 2 is 1.54 bits per heavy atom. The monoisotopic (exact) mass is 317 g/mol. The van der Waals surface area contributed by atoms with Gasteiger partial charge in [0.25, 0.3) is 0 Å². The Hall–Kier alpha value is -2.81. The molecular formula is C21H19NO2. The van der Waals surface area contributed by atoms with Crippen LogP contribution in [0.5, 0.6) is 5.75 Å². The van der Waals surface area contributed by atoms with E-state index in [1.165, 1.54) is 12.8 Å². The number of carbonyl (C=O) groups is 1. The second-order valence-corrected chi connectivity index (χ2v) is 6.11. The molecule has 1 aliphatic heterocycles. The van der Waals surface area contributed by atoms with Crippen LogP contribution in [0.4, 0.5) is 5.69 Å². The quantitative estimate of drug-likeness (QED) is 0.520. The Kier molecular flexibility index (Phi) is 3.91. The molecule has 1 fully saturated rings. The molecule has 0 aromatic heterocycles. The fourth-order valence-electron chi connectivity index (χ4n) is 3.27. The fourth-order valence-corrected chi connectivity index (χ4v) is 3.27. The number of ether oxygens (including phenoxy) is 1. The second-order valence-electron chi connectivity index (χ2n) is 6.11. The predicted molar refractivity (Wildman–Crippen MR) is 96.8 cm³/mol. The van der Waals surface area contributed by atoms with Crippen molar-refractivity contribution in [2.75, 3.05) is 18.0 Å². The highest BCUT2D eigenvalue weighted by molar-refractivity contribution is 5.97. The summed E-state index contributed by atoms with van der Waals surface area (Å²) in [6.07, 6.45) is 2.35. The molecule has 3 heteroatoms. The van der Waals surface area contributed by atoms with Crippen molar-refractivity contribution in [1.82, 2.24) is 0 Å². The van der Waals surface area contributed by atoms with Gasteiger partial charge in [-0.05, 0) is 47.9 Å². The third-order valence-electron chi connectivity index (χ3n) is 4.50. The van der Waals surface area contributed by atoms with E-state index in [0.29, 0.717) is 11.3 Å². The van der Waals surface area contributed by atoms with E-state index in [9.17, 15) is 4.79 Å². The average molecular weight is 317 g/mol. The summed E-state index contributed by atoms with van der Waals surface area (Å²) in [4.78, 5) is 14.9. The van der Waals surface area contributed by atoms with E-state index >= 15 is 0 Å². The molecular weight excluding hydrogens is 298 g/mol. The van der Waals surface area contributed by atoms with Gasteiger partial charge in [-0.25, -0.2) is 4.79 Å². The summed E-state index contributed by atoms with van der Waals surface area (Å²) in [6.45, 7) is 2.00. The maximum absolute atomic E-state index is 12.7. The van der Waals surface area contributed by atoms with E-state index in [1.807, 2.05) is 66.7 Å². The molecule has 4 rings (SSSR count). The van der Waals surface area contributed by atoms with Crippen molar-refractivity contribution in [1.29, 1.82) is 0 Å². The van der Waals surface area contributed by atoms with Crippen LogP contribution in [0.1, 0.15) is 23.2 Å². The summed E-state index contributed by atoms with van der Waals surface area (Å²) >= 11 is 0. The number of hydrogen-bond acceptors (Lipinski definition) is 3. The first-order valence-corrected chi connectivity index (χ1v) is 8.36. The Bertz CT molecular complexity index is 882. The summed E-state index contributed by atoms with van der Waals surface area (Å²) < 4.78 is 5.64. The van der Waals surface area contributed by atoms with Crippen LogP contribution in [0.15, 0.2) is 66.7 Å². The molecule has 0 atom stereocenters. The number of anilines is 1. The van der Waals surface area contributed by atoms with Crippen molar-refractivity contribution in [2.24, 2.45) is 0 Å². The molecule has 1 saturated heterocycles. The van der Waals surface area contributed by atoms with E-state index in [2.05, 4.69) is 4.90 Å². The van der Waals surface area contributed by atoms with Crippen molar-refractivity contribution < 1.29 is 9.53 Å². The lowest BCUT2D eigenvalue weighted by molar-refractivity contribution is 0.0735. The smallest absolute Gasteiger partial charge is 0.345 e. The minimum atomic E-state index is -0.298. The van der Waals surface area contributed by atoms with Crippen molar-refractivity contribution >= 4 is 22.4 Å². The molecule has 0 radical (unpaired) electrons. The molecule has 0 saturated carbocycles. The molecule has 3 aromatic carbocycles. The van der Waals surface area contributed by atoms with Crippen LogP contribution in [0.3, 0.4) is 0 Å². The van der Waals surface area contributed by atoms with Gasteiger partial charge in [-0.2, -0.15) is 0 Å². The molecule has 120 valence electrons. The maximum Gasteiger partial charge on any atom is 0.345 e. The molecule has 0 spiro atoms. The molecule has 1 heterocycles. The van der Waals surface area contributed by atoms with Crippen LogP contribution in [0.2, 0.25) is 0 Å². The summed E-state index contributed by atoms with van der Waals surface area (Å²) in [5.74, 6) is 0.280. The largest absolute Gasteiger partial charge is 0.423 e. The van der Waals surface area contributed by atoms with Crippen LogP contribution < -0.4 is 9.64 Å². The average Bonchev–Trinajstić information content (AvgIpc) is 3.16. The van der Waals surface area contributed by atoms with Crippen molar-refractivity contribution in [3.63, 3.8) is 0 Å². The number of benzene rings is 3. The number of hydrogen-bond donors (Lipinski definition) is 0. The summed E-state index contributed by atoms with van der Waals surface area (Å²) in [7, 11) is 0. The van der Waals surface area contributed by atoms with E-state index in [0.717, 1.165) is 29.5 Å². The SMILES string of the molecule is O=C(Oc1ccc2ccccc2c1)c1ccccc1N1CCCC1. The van der Waals surface area contributed by atoms with Gasteiger partial charge in [-0.1, -0.05) is 42.5 Å². The standard InChI is InChI=1S/C21H19NO2/c23-21(19-9-3-4-10-20(19)22-13-5-6-14-22)24-18-12-11-16-7-1-2-8-17(16)15-18/h1-4,7-12,15H,5-6,13-14H2. The predicted octanol–water partition coefficient (Wildman–Crippen LogP) is 4.66. The molecule has 24 heavy (non-hydrogen) atoms. The van der Waals surface area contributed by atoms with Gasteiger partial charge < -0.3 is 9.64 Å². The van der Waals surface area contributed by atoms with Crippen molar-refractivity contribution in [3.8, 4) is 5.75 Å². The lowest BCUT2D eigenvalue weighted by Gasteiger charge is -2.20. The van der Waals surface area contributed by atoms with Crippen LogP contribution in [-0.2, 0) is 0 Å². The first kappa shape index (κ1) is 14.8. The van der Waals surface area contributed by atoms with E-state index in [1.54, 1.807) is 0 Å². The molecule has 0 aliphatic carbocycles. The molecule has 0 unspecified atom stereocenters. The van der Waals surface area contributed by atoms with Gasteiger partial charge in [-0.3, -0.25) is 0 Å². The Morgan fingerprint density at radius 3 is 2.38 bits per heavy atom. The first-order valence-electron chi connectivity index (χ1n) is 8.36. The zero-order chi connectivity index (χ0) is 16.4. The van der Waals surface area contributed by atoms with Gasteiger partial charge >= 0.3 is 5.97 Å². The van der Waals surface area contributed by atoms with Gasteiger partial charge in [0.2, 0.25) is 0 Å². The highest BCUT2D eigenvalue weighted by Gasteiger charge is 2.20. The topological polar surface area (TPSA) is 29.5 Å². The number of fused-ring (bicyclic) bond motifs is 1. The van der Waals surface area contributed by atoms with Gasteiger partial charge in [0, 0.05) is 13.1 Å². The van der Waals surface area contributed by atoms with E-state index in [4.69, 9.17) is 4.74 Å². The van der Waals surface area contributed by atoms with E-state index in [-0.39, 0.29) is 5.97 Å². The van der Waals surface area contributed by atoms with Crippen molar-refractivity contribution in [2.45, 2.75) is 12.8 Å². The molecule has 3 nitrogen and oxygen atoms in total. The number of rotatable bonds is 3. The molecule has 3 aromatic rings. The zero-order valence-corrected chi connectivity index (χ0v) is 13.4.